The van der Waals surface area contributed by atoms with Gasteiger partial charge in [-0.15, -0.1) is 0 Å². The van der Waals surface area contributed by atoms with E-state index in [1.165, 1.54) is 14.7 Å². The molecule has 0 N–H and O–H groups in total. The van der Waals surface area contributed by atoms with Gasteiger partial charge in [-0.1, -0.05) is 6.07 Å². The number of fused-ring (bicyclic) bond motifs is 1. The van der Waals surface area contributed by atoms with Crippen LogP contribution in [-0.2, 0) is 17.7 Å². The van der Waals surface area contributed by atoms with E-state index in [0.717, 1.165) is 19.4 Å². The van der Waals surface area contributed by atoms with Gasteiger partial charge in [0, 0.05) is 16.7 Å². The molecule has 0 aliphatic carbocycles. The first-order chi connectivity index (χ1) is 8.85. The Morgan fingerprint density at radius 3 is 2.74 bits per heavy atom. The number of ether oxygens (including phenoxy) is 1. The minimum atomic E-state index is -0.432. The number of benzene rings is 1. The van der Waals surface area contributed by atoms with Crippen LogP contribution in [0.4, 0.5) is 4.79 Å². The summed E-state index contributed by atoms with van der Waals surface area (Å²) in [6.45, 7) is 7.12. The second kappa shape index (κ2) is 5.69. The Morgan fingerprint density at radius 1 is 1.32 bits per heavy atom. The summed E-state index contributed by atoms with van der Waals surface area (Å²) in [4.78, 5) is 14.0. The fourth-order valence-electron chi connectivity index (χ4n) is 2.21. The molecule has 0 aromatic heterocycles. The third kappa shape index (κ3) is 4.09. The van der Waals surface area contributed by atoms with Crippen molar-refractivity contribution >= 4 is 28.7 Å². The van der Waals surface area contributed by atoms with Crippen molar-refractivity contribution in [2.24, 2.45) is 0 Å². The van der Waals surface area contributed by atoms with Gasteiger partial charge in [0.25, 0.3) is 0 Å². The Labute approximate surface area is 128 Å². The standard InChI is InChI=1S/C15H20INO2/c1-15(2,3)19-14(18)17-8-4-5-11-9-13(16)7-6-12(11)10-17/h6-7,9H,4-5,8,10H2,1-3H3. The van der Waals surface area contributed by atoms with E-state index in [4.69, 9.17) is 4.74 Å². The largest absolute Gasteiger partial charge is 0.444 e. The zero-order chi connectivity index (χ0) is 14.0. The first-order valence-corrected chi connectivity index (χ1v) is 7.68. The second-order valence-electron chi connectivity index (χ2n) is 5.92. The highest BCUT2D eigenvalue weighted by atomic mass is 127. The molecule has 1 aliphatic rings. The van der Waals surface area contributed by atoms with Crippen LogP contribution in [-0.4, -0.2) is 23.1 Å². The maximum atomic E-state index is 12.1. The summed E-state index contributed by atoms with van der Waals surface area (Å²) in [6.07, 6.45) is 1.82. The number of amides is 1. The zero-order valence-corrected chi connectivity index (χ0v) is 13.9. The lowest BCUT2D eigenvalue weighted by atomic mass is 10.0. The molecule has 1 aliphatic heterocycles. The molecule has 3 nitrogen and oxygen atoms in total. The topological polar surface area (TPSA) is 29.5 Å². The summed E-state index contributed by atoms with van der Waals surface area (Å²) in [5.41, 5.74) is 2.17. The first-order valence-electron chi connectivity index (χ1n) is 6.60. The van der Waals surface area contributed by atoms with E-state index in [-0.39, 0.29) is 6.09 Å². The molecule has 0 spiro atoms. The van der Waals surface area contributed by atoms with Crippen LogP contribution in [0, 0.1) is 3.57 Å². The van der Waals surface area contributed by atoms with Crippen LogP contribution in [0.2, 0.25) is 0 Å². The molecule has 0 bridgehead atoms. The average molecular weight is 373 g/mol. The van der Waals surface area contributed by atoms with E-state index in [0.29, 0.717) is 6.54 Å². The molecule has 0 saturated heterocycles. The quantitative estimate of drug-likeness (QED) is 0.644. The minimum Gasteiger partial charge on any atom is -0.444 e. The maximum Gasteiger partial charge on any atom is 0.410 e. The second-order valence-corrected chi connectivity index (χ2v) is 7.16. The highest BCUT2D eigenvalue weighted by Gasteiger charge is 2.24. The average Bonchev–Trinajstić information content (AvgIpc) is 2.48. The summed E-state index contributed by atoms with van der Waals surface area (Å²) in [6, 6.07) is 6.44. The van der Waals surface area contributed by atoms with Gasteiger partial charge in [0.2, 0.25) is 0 Å². The lowest BCUT2D eigenvalue weighted by Gasteiger charge is -2.26. The number of halogens is 1. The molecule has 104 valence electrons. The van der Waals surface area contributed by atoms with Gasteiger partial charge < -0.3 is 9.64 Å². The Morgan fingerprint density at radius 2 is 2.05 bits per heavy atom. The molecule has 1 aromatic rings. The molecule has 2 rings (SSSR count). The molecule has 0 saturated carbocycles. The van der Waals surface area contributed by atoms with Crippen LogP contribution in [0.25, 0.3) is 0 Å². The van der Waals surface area contributed by atoms with E-state index >= 15 is 0 Å². The summed E-state index contributed by atoms with van der Waals surface area (Å²) in [5, 5.41) is 0. The molecule has 1 amide bonds. The molecule has 0 unspecified atom stereocenters. The van der Waals surface area contributed by atoms with Gasteiger partial charge in [0.05, 0.1) is 0 Å². The number of hydrogen-bond donors (Lipinski definition) is 0. The van der Waals surface area contributed by atoms with Crippen molar-refractivity contribution in [2.45, 2.75) is 45.8 Å². The van der Waals surface area contributed by atoms with Gasteiger partial charge in [0.15, 0.2) is 0 Å². The summed E-state index contributed by atoms with van der Waals surface area (Å²) in [5.74, 6) is 0. The lowest BCUT2D eigenvalue weighted by molar-refractivity contribution is 0.0237. The van der Waals surface area contributed by atoms with Crippen LogP contribution in [0.3, 0.4) is 0 Å². The third-order valence-electron chi connectivity index (χ3n) is 3.06. The van der Waals surface area contributed by atoms with E-state index in [1.807, 2.05) is 25.7 Å². The van der Waals surface area contributed by atoms with Gasteiger partial charge in [-0.05, 0) is 79.5 Å². The monoisotopic (exact) mass is 373 g/mol. The highest BCUT2D eigenvalue weighted by Crippen LogP contribution is 2.22. The lowest BCUT2D eigenvalue weighted by Crippen LogP contribution is -2.36. The SMILES string of the molecule is CC(C)(C)OC(=O)N1CCCc2cc(I)ccc2C1. The predicted molar refractivity (Wildman–Crippen MR) is 84.1 cm³/mol. The number of nitrogens with zero attached hydrogens (tertiary/aromatic N) is 1. The van der Waals surface area contributed by atoms with Gasteiger partial charge in [-0.25, -0.2) is 4.79 Å². The summed E-state index contributed by atoms with van der Waals surface area (Å²) >= 11 is 2.33. The smallest absolute Gasteiger partial charge is 0.410 e. The third-order valence-corrected chi connectivity index (χ3v) is 3.73. The molecule has 4 heteroatoms. The summed E-state index contributed by atoms with van der Waals surface area (Å²) in [7, 11) is 0. The molecule has 0 radical (unpaired) electrons. The summed E-state index contributed by atoms with van der Waals surface area (Å²) < 4.78 is 6.71. The van der Waals surface area contributed by atoms with Gasteiger partial charge in [-0.2, -0.15) is 0 Å². The zero-order valence-electron chi connectivity index (χ0n) is 11.7. The van der Waals surface area contributed by atoms with Crippen molar-refractivity contribution in [3.05, 3.63) is 32.9 Å². The van der Waals surface area contributed by atoms with Crippen LogP contribution in [0.15, 0.2) is 18.2 Å². The minimum absolute atomic E-state index is 0.209. The van der Waals surface area contributed by atoms with E-state index in [2.05, 4.69) is 40.8 Å². The fourth-order valence-corrected chi connectivity index (χ4v) is 2.76. The van der Waals surface area contributed by atoms with Crippen molar-refractivity contribution in [1.82, 2.24) is 4.90 Å². The number of carbonyl (C=O) groups is 1. The predicted octanol–water partition coefficient (Wildman–Crippen LogP) is 3.97. The fraction of sp³-hybridized carbons (Fsp3) is 0.533. The molecule has 0 fully saturated rings. The van der Waals surface area contributed by atoms with Crippen LogP contribution < -0.4 is 0 Å². The van der Waals surface area contributed by atoms with E-state index in [1.54, 1.807) is 0 Å². The molecule has 1 aromatic carbocycles. The Bertz CT molecular complexity index is 480. The van der Waals surface area contributed by atoms with Crippen LogP contribution in [0.5, 0.6) is 0 Å². The van der Waals surface area contributed by atoms with Gasteiger partial charge in [0.1, 0.15) is 5.60 Å². The number of aryl methyl sites for hydroxylation is 1. The van der Waals surface area contributed by atoms with Gasteiger partial charge >= 0.3 is 6.09 Å². The van der Waals surface area contributed by atoms with Gasteiger partial charge in [-0.3, -0.25) is 0 Å². The van der Waals surface area contributed by atoms with Crippen molar-refractivity contribution < 1.29 is 9.53 Å². The van der Waals surface area contributed by atoms with E-state index < -0.39 is 5.60 Å². The number of rotatable bonds is 0. The molecule has 0 atom stereocenters. The Hall–Kier alpha value is -0.780. The maximum absolute atomic E-state index is 12.1. The first kappa shape index (κ1) is 14.6. The molecular formula is C15H20INO2. The van der Waals surface area contributed by atoms with Crippen molar-refractivity contribution in [2.75, 3.05) is 6.54 Å². The van der Waals surface area contributed by atoms with Crippen LogP contribution >= 0.6 is 22.6 Å². The van der Waals surface area contributed by atoms with Crippen molar-refractivity contribution in [3.63, 3.8) is 0 Å². The molecule has 1 heterocycles. The molecule has 19 heavy (non-hydrogen) atoms. The number of carbonyl (C=O) groups excluding carboxylic acids is 1. The normalized spacial score (nSPS) is 15.7. The van der Waals surface area contributed by atoms with Crippen molar-refractivity contribution in [1.29, 1.82) is 0 Å². The Kier molecular flexibility index (Phi) is 4.38. The highest BCUT2D eigenvalue weighted by molar-refractivity contribution is 14.1. The Balaban J connectivity index is 2.13. The van der Waals surface area contributed by atoms with E-state index in [9.17, 15) is 4.79 Å². The number of hydrogen-bond acceptors (Lipinski definition) is 2. The molecular weight excluding hydrogens is 353 g/mol. The van der Waals surface area contributed by atoms with Crippen LogP contribution in [0.1, 0.15) is 38.3 Å². The van der Waals surface area contributed by atoms with Crippen molar-refractivity contribution in [3.8, 4) is 0 Å².